The van der Waals surface area contributed by atoms with E-state index in [1.54, 1.807) is 0 Å². The molecule has 11 aromatic rings. The molecule has 286 valence electrons. The second kappa shape index (κ2) is 14.5. The number of fused-ring (bicyclic) bond motifs is 9. The van der Waals surface area contributed by atoms with E-state index in [4.69, 9.17) is 4.74 Å². The van der Waals surface area contributed by atoms with Crippen molar-refractivity contribution in [2.75, 3.05) is 4.90 Å². The average Bonchev–Trinajstić information content (AvgIpc) is 3.65. The molecule has 1 aromatic heterocycles. The first-order valence-electron chi connectivity index (χ1n) is 20.7. The Kier molecular flexibility index (Phi) is 8.39. The highest BCUT2D eigenvalue weighted by Crippen LogP contribution is 2.55. The molecule has 2 nitrogen and oxygen atoms in total. The predicted molar refractivity (Wildman–Crippen MR) is 259 cm³/mol. The summed E-state index contributed by atoms with van der Waals surface area (Å²) >= 11 is 1.87. The fraction of sp³-hybridized carbons (Fsp3) is 0. The van der Waals surface area contributed by atoms with Gasteiger partial charge in [-0.3, -0.25) is 0 Å². The fourth-order valence-corrected chi connectivity index (χ4v) is 10.4. The van der Waals surface area contributed by atoms with E-state index >= 15 is 0 Å². The van der Waals surface area contributed by atoms with Crippen LogP contribution in [-0.2, 0) is 0 Å². The van der Waals surface area contributed by atoms with Gasteiger partial charge >= 0.3 is 0 Å². The molecule has 1 aliphatic rings. The van der Waals surface area contributed by atoms with Crippen LogP contribution in [-0.4, -0.2) is 0 Å². The fourth-order valence-electron chi connectivity index (χ4n) is 9.18. The third-order valence-electron chi connectivity index (χ3n) is 12.1. The number of ether oxygens (including phenoxy) is 1. The molecule has 0 spiro atoms. The molecule has 2 heterocycles. The summed E-state index contributed by atoms with van der Waals surface area (Å²) in [5.74, 6) is 1.64. The quantitative estimate of drug-likeness (QED) is 0.166. The van der Waals surface area contributed by atoms with E-state index in [0.717, 1.165) is 61.9 Å². The van der Waals surface area contributed by atoms with Crippen LogP contribution in [0.2, 0.25) is 0 Å². The maximum Gasteiger partial charge on any atom is 0.159 e. The molecule has 61 heavy (non-hydrogen) atoms. The standard InChI is InChI=1S/C58H37NOS/c1-3-14-38(15-4-1)39-28-32-44(33-29-39)59(45-34-30-41(31-35-45)47-22-11-24-50-48-20-9-10-27-55(48)61-58(47)50)53-25-12-23-49-51-36-42-18-7-8-19-43(42)37-52(51)56-46(40-16-5-2-6-17-40)21-13-26-54(56)60-57(49)53/h1-37H. The van der Waals surface area contributed by atoms with Crippen LogP contribution in [0.3, 0.4) is 0 Å². The molecule has 0 unspecified atom stereocenters. The summed E-state index contributed by atoms with van der Waals surface area (Å²) in [6.07, 6.45) is 0. The summed E-state index contributed by atoms with van der Waals surface area (Å²) in [7, 11) is 0. The van der Waals surface area contributed by atoms with Crippen molar-refractivity contribution in [2.24, 2.45) is 0 Å². The molecule has 3 heteroatoms. The van der Waals surface area contributed by atoms with Gasteiger partial charge < -0.3 is 9.64 Å². The average molecular weight is 796 g/mol. The zero-order valence-corrected chi connectivity index (χ0v) is 33.9. The van der Waals surface area contributed by atoms with Gasteiger partial charge in [0.1, 0.15) is 5.75 Å². The lowest BCUT2D eigenvalue weighted by Gasteiger charge is -2.28. The highest BCUT2D eigenvalue weighted by Gasteiger charge is 2.29. The molecule has 0 radical (unpaired) electrons. The first kappa shape index (κ1) is 35.2. The van der Waals surface area contributed by atoms with E-state index in [-0.39, 0.29) is 0 Å². The maximum absolute atomic E-state index is 7.35. The number of benzene rings is 10. The molecular formula is C58H37NOS. The van der Waals surface area contributed by atoms with Gasteiger partial charge in [-0.1, -0.05) is 170 Å². The number of hydrogen-bond acceptors (Lipinski definition) is 3. The third kappa shape index (κ3) is 6.01. The van der Waals surface area contributed by atoms with E-state index in [2.05, 4.69) is 229 Å². The van der Waals surface area contributed by atoms with Crippen LogP contribution in [0.4, 0.5) is 17.1 Å². The number of anilines is 3. The minimum absolute atomic E-state index is 0.814. The Morgan fingerprint density at radius 3 is 1.66 bits per heavy atom. The van der Waals surface area contributed by atoms with Crippen LogP contribution in [0.15, 0.2) is 224 Å². The van der Waals surface area contributed by atoms with Crippen molar-refractivity contribution < 1.29 is 4.74 Å². The zero-order valence-electron chi connectivity index (χ0n) is 33.1. The molecule has 0 amide bonds. The van der Waals surface area contributed by atoms with Crippen LogP contribution < -0.4 is 9.64 Å². The van der Waals surface area contributed by atoms with E-state index in [0.29, 0.717) is 0 Å². The molecule has 0 saturated heterocycles. The molecule has 12 rings (SSSR count). The SMILES string of the molecule is c1ccc(-c2ccc(N(c3ccc(-c4cccc5c4sc4ccccc45)cc3)c3cccc4c3Oc3cccc(-c5ccccc5)c3-c3cc5ccccc5cc3-4)cc2)cc1. The summed E-state index contributed by atoms with van der Waals surface area (Å²) in [4.78, 5) is 2.35. The van der Waals surface area contributed by atoms with E-state index in [1.807, 2.05) is 11.3 Å². The lowest BCUT2D eigenvalue weighted by atomic mass is 9.87. The van der Waals surface area contributed by atoms with Gasteiger partial charge in [-0.2, -0.15) is 0 Å². The van der Waals surface area contributed by atoms with Gasteiger partial charge in [0.05, 0.1) is 5.69 Å². The Hall–Kier alpha value is -7.72. The second-order valence-corrected chi connectivity index (χ2v) is 16.7. The van der Waals surface area contributed by atoms with Crippen LogP contribution in [0.1, 0.15) is 0 Å². The minimum Gasteiger partial charge on any atom is -0.454 e. The van der Waals surface area contributed by atoms with Crippen molar-refractivity contribution in [2.45, 2.75) is 0 Å². The van der Waals surface area contributed by atoms with Gasteiger partial charge in [0.25, 0.3) is 0 Å². The van der Waals surface area contributed by atoms with Crippen molar-refractivity contribution in [1.29, 1.82) is 0 Å². The van der Waals surface area contributed by atoms with Gasteiger partial charge in [0.15, 0.2) is 5.75 Å². The topological polar surface area (TPSA) is 12.5 Å². The van der Waals surface area contributed by atoms with Gasteiger partial charge in [-0.05, 0) is 110 Å². The normalized spacial score (nSPS) is 11.7. The Morgan fingerprint density at radius 1 is 0.361 bits per heavy atom. The second-order valence-electron chi connectivity index (χ2n) is 15.6. The van der Waals surface area contributed by atoms with E-state index in [1.165, 1.54) is 53.2 Å². The van der Waals surface area contributed by atoms with Gasteiger partial charge in [-0.25, -0.2) is 0 Å². The van der Waals surface area contributed by atoms with Crippen LogP contribution in [0.5, 0.6) is 11.5 Å². The first-order chi connectivity index (χ1) is 30.2. The van der Waals surface area contributed by atoms with Gasteiger partial charge in [0, 0.05) is 42.7 Å². The van der Waals surface area contributed by atoms with Crippen molar-refractivity contribution in [3.05, 3.63) is 224 Å². The van der Waals surface area contributed by atoms with Crippen LogP contribution in [0.25, 0.3) is 86.6 Å². The van der Waals surface area contributed by atoms with Gasteiger partial charge in [0.2, 0.25) is 0 Å². The number of hydrogen-bond donors (Lipinski definition) is 0. The Labute approximate surface area is 358 Å². The molecule has 1 aliphatic heterocycles. The first-order valence-corrected chi connectivity index (χ1v) is 21.6. The molecule has 0 saturated carbocycles. The third-order valence-corrected chi connectivity index (χ3v) is 13.3. The zero-order chi connectivity index (χ0) is 40.3. The smallest absolute Gasteiger partial charge is 0.159 e. The molecular weight excluding hydrogens is 759 g/mol. The summed E-state index contributed by atoms with van der Waals surface area (Å²) in [6.45, 7) is 0. The monoisotopic (exact) mass is 795 g/mol. The molecule has 0 atom stereocenters. The summed E-state index contributed by atoms with van der Waals surface area (Å²) in [6, 6.07) is 80.9. The summed E-state index contributed by atoms with van der Waals surface area (Å²) < 4.78 is 9.97. The number of para-hydroxylation sites is 1. The Balaban J connectivity index is 1.06. The highest BCUT2D eigenvalue weighted by molar-refractivity contribution is 7.26. The number of rotatable bonds is 6. The number of thiophene rings is 1. The largest absolute Gasteiger partial charge is 0.454 e. The van der Waals surface area contributed by atoms with Crippen LogP contribution in [0, 0.1) is 0 Å². The maximum atomic E-state index is 7.35. The van der Waals surface area contributed by atoms with Gasteiger partial charge in [-0.15, -0.1) is 11.3 Å². The van der Waals surface area contributed by atoms with Crippen molar-refractivity contribution in [1.82, 2.24) is 0 Å². The highest BCUT2D eigenvalue weighted by atomic mass is 32.1. The molecule has 0 bridgehead atoms. The van der Waals surface area contributed by atoms with Crippen molar-refractivity contribution in [3.8, 4) is 67.1 Å². The molecule has 0 fully saturated rings. The van der Waals surface area contributed by atoms with E-state index in [9.17, 15) is 0 Å². The molecule has 0 aliphatic carbocycles. The van der Waals surface area contributed by atoms with Crippen LogP contribution >= 0.6 is 11.3 Å². The lowest BCUT2D eigenvalue weighted by molar-refractivity contribution is 0.489. The lowest BCUT2D eigenvalue weighted by Crippen LogP contribution is -2.11. The molecule has 10 aromatic carbocycles. The van der Waals surface area contributed by atoms with E-state index < -0.39 is 0 Å². The minimum atomic E-state index is 0.814. The predicted octanol–water partition coefficient (Wildman–Crippen LogP) is 17.1. The Morgan fingerprint density at radius 2 is 0.902 bits per heavy atom. The summed E-state index contributed by atoms with van der Waals surface area (Å²) in [5.41, 5.74) is 14.6. The molecule has 0 N–H and O–H groups in total. The summed E-state index contributed by atoms with van der Waals surface area (Å²) in [5, 5.41) is 5.00. The van der Waals surface area contributed by atoms with Crippen molar-refractivity contribution >= 4 is 59.3 Å². The van der Waals surface area contributed by atoms with Crippen molar-refractivity contribution in [3.63, 3.8) is 0 Å². The number of nitrogens with zero attached hydrogens (tertiary/aromatic N) is 1. The Bertz CT molecular complexity index is 3420.